The van der Waals surface area contributed by atoms with Crippen molar-refractivity contribution in [3.63, 3.8) is 0 Å². The summed E-state index contributed by atoms with van der Waals surface area (Å²) in [5, 5.41) is 14.8. The van der Waals surface area contributed by atoms with Crippen LogP contribution in [0.4, 0.5) is 11.4 Å². The van der Waals surface area contributed by atoms with Crippen molar-refractivity contribution >= 4 is 23.1 Å². The molecule has 2 rings (SSSR count). The minimum Gasteiger partial charge on any atom is -0.381 e. The monoisotopic (exact) mass is 266 g/mol. The molecule has 5 heteroatoms. The highest BCUT2D eigenvalue weighted by atomic mass is 32.2. The lowest BCUT2D eigenvalue weighted by Crippen LogP contribution is -2.33. The third kappa shape index (κ3) is 2.96. The first kappa shape index (κ1) is 13.2. The summed E-state index contributed by atoms with van der Waals surface area (Å²) in [6.45, 7) is 4.20. The Morgan fingerprint density at radius 3 is 2.94 bits per heavy atom. The number of nitro groups is 1. The van der Waals surface area contributed by atoms with E-state index in [4.69, 9.17) is 0 Å². The Morgan fingerprint density at radius 2 is 2.28 bits per heavy atom. The third-order valence-corrected chi connectivity index (χ3v) is 4.76. The van der Waals surface area contributed by atoms with Crippen LogP contribution in [-0.2, 0) is 0 Å². The fourth-order valence-electron chi connectivity index (χ4n) is 2.19. The Kier molecular flexibility index (Phi) is 4.11. The largest absolute Gasteiger partial charge is 0.381 e. The number of rotatable bonds is 3. The van der Waals surface area contributed by atoms with Crippen LogP contribution in [0.5, 0.6) is 0 Å². The Balaban J connectivity index is 2.17. The standard InChI is InChI=1S/C13H18N2O2S/c1-9-5-6-11(15(16)17)8-13(9)14-12-4-3-7-18-10(12)2/h5-6,8,10,12,14H,3-4,7H2,1-2H3. The Hall–Kier alpha value is -1.23. The molecule has 18 heavy (non-hydrogen) atoms. The minimum absolute atomic E-state index is 0.152. The van der Waals surface area contributed by atoms with Crippen LogP contribution in [0.3, 0.4) is 0 Å². The topological polar surface area (TPSA) is 55.2 Å². The lowest BCUT2D eigenvalue weighted by atomic mass is 10.1. The number of anilines is 1. The third-order valence-electron chi connectivity index (χ3n) is 3.38. The van der Waals surface area contributed by atoms with E-state index < -0.39 is 0 Å². The molecule has 1 aromatic rings. The van der Waals surface area contributed by atoms with Gasteiger partial charge in [0.1, 0.15) is 0 Å². The van der Waals surface area contributed by atoms with E-state index in [9.17, 15) is 10.1 Å². The van der Waals surface area contributed by atoms with Crippen LogP contribution in [0.1, 0.15) is 25.3 Å². The van der Waals surface area contributed by atoms with E-state index in [-0.39, 0.29) is 10.6 Å². The molecule has 0 aliphatic carbocycles. The average Bonchev–Trinajstić information content (AvgIpc) is 2.34. The van der Waals surface area contributed by atoms with Crippen molar-refractivity contribution in [2.75, 3.05) is 11.1 Å². The quantitative estimate of drug-likeness (QED) is 0.671. The predicted molar refractivity (Wildman–Crippen MR) is 76.4 cm³/mol. The van der Waals surface area contributed by atoms with Gasteiger partial charge in [0.2, 0.25) is 0 Å². The molecule has 0 radical (unpaired) electrons. The van der Waals surface area contributed by atoms with Crippen LogP contribution in [0.25, 0.3) is 0 Å². The van der Waals surface area contributed by atoms with Gasteiger partial charge in [-0.25, -0.2) is 0 Å². The normalized spacial score (nSPS) is 23.7. The van der Waals surface area contributed by atoms with Crippen molar-refractivity contribution < 1.29 is 4.92 Å². The van der Waals surface area contributed by atoms with Crippen LogP contribution in [0, 0.1) is 17.0 Å². The van der Waals surface area contributed by atoms with Gasteiger partial charge in [-0.1, -0.05) is 13.0 Å². The van der Waals surface area contributed by atoms with Crippen molar-refractivity contribution in [1.29, 1.82) is 0 Å². The van der Waals surface area contributed by atoms with Gasteiger partial charge in [-0.2, -0.15) is 11.8 Å². The molecule has 0 bridgehead atoms. The van der Waals surface area contributed by atoms with Crippen LogP contribution in [0.15, 0.2) is 18.2 Å². The number of hydrogen-bond donors (Lipinski definition) is 1. The first-order valence-electron chi connectivity index (χ1n) is 6.21. The average molecular weight is 266 g/mol. The molecular formula is C13H18N2O2S. The van der Waals surface area contributed by atoms with E-state index in [1.54, 1.807) is 18.2 Å². The molecule has 4 nitrogen and oxygen atoms in total. The minimum atomic E-state index is -0.344. The highest BCUT2D eigenvalue weighted by Crippen LogP contribution is 2.30. The number of nitrogens with zero attached hydrogens (tertiary/aromatic N) is 1. The second kappa shape index (κ2) is 5.61. The van der Waals surface area contributed by atoms with Gasteiger partial charge in [0, 0.05) is 29.1 Å². The van der Waals surface area contributed by atoms with Gasteiger partial charge in [0.15, 0.2) is 0 Å². The van der Waals surface area contributed by atoms with Crippen molar-refractivity contribution in [1.82, 2.24) is 0 Å². The molecule has 0 spiro atoms. The summed E-state index contributed by atoms with van der Waals surface area (Å²) in [6.07, 6.45) is 2.34. The predicted octanol–water partition coefficient (Wildman–Crippen LogP) is 3.60. The van der Waals surface area contributed by atoms with Gasteiger partial charge in [-0.05, 0) is 31.1 Å². The summed E-state index contributed by atoms with van der Waals surface area (Å²) in [4.78, 5) is 10.5. The van der Waals surface area contributed by atoms with Crippen molar-refractivity contribution in [3.05, 3.63) is 33.9 Å². The summed E-state index contributed by atoms with van der Waals surface area (Å²) in [7, 11) is 0. The Bertz CT molecular complexity index is 451. The van der Waals surface area contributed by atoms with Crippen LogP contribution < -0.4 is 5.32 Å². The van der Waals surface area contributed by atoms with Crippen molar-refractivity contribution in [3.8, 4) is 0 Å². The van der Waals surface area contributed by atoms with Crippen molar-refractivity contribution in [2.24, 2.45) is 0 Å². The molecule has 1 aromatic carbocycles. The number of benzene rings is 1. The maximum Gasteiger partial charge on any atom is 0.271 e. The second-order valence-corrected chi connectivity index (χ2v) is 6.21. The van der Waals surface area contributed by atoms with Gasteiger partial charge in [0.05, 0.1) is 4.92 Å². The molecule has 2 atom stereocenters. The molecule has 1 aliphatic rings. The van der Waals surface area contributed by atoms with E-state index in [1.807, 2.05) is 18.7 Å². The molecule has 0 amide bonds. The molecule has 0 aromatic heterocycles. The SMILES string of the molecule is Cc1ccc([N+](=O)[O-])cc1NC1CCCSC1C. The zero-order valence-corrected chi connectivity index (χ0v) is 11.5. The van der Waals surface area contributed by atoms with Gasteiger partial charge in [0.25, 0.3) is 5.69 Å². The van der Waals surface area contributed by atoms with Crippen LogP contribution in [-0.4, -0.2) is 22.0 Å². The number of non-ortho nitro benzene ring substituents is 1. The number of thioether (sulfide) groups is 1. The van der Waals surface area contributed by atoms with E-state index in [2.05, 4.69) is 12.2 Å². The van der Waals surface area contributed by atoms with Gasteiger partial charge < -0.3 is 5.32 Å². The lowest BCUT2D eigenvalue weighted by Gasteiger charge is -2.30. The highest BCUT2D eigenvalue weighted by Gasteiger charge is 2.22. The van der Waals surface area contributed by atoms with Crippen LogP contribution >= 0.6 is 11.8 Å². The fraction of sp³-hybridized carbons (Fsp3) is 0.538. The van der Waals surface area contributed by atoms with E-state index in [1.165, 1.54) is 12.2 Å². The Morgan fingerprint density at radius 1 is 1.50 bits per heavy atom. The molecule has 1 heterocycles. The summed E-state index contributed by atoms with van der Waals surface area (Å²) in [6, 6.07) is 5.41. The highest BCUT2D eigenvalue weighted by molar-refractivity contribution is 8.00. The molecule has 1 saturated heterocycles. The van der Waals surface area contributed by atoms with Crippen LogP contribution in [0.2, 0.25) is 0 Å². The molecule has 0 saturated carbocycles. The summed E-state index contributed by atoms with van der Waals surface area (Å²) in [5.74, 6) is 1.22. The number of nitro benzene ring substituents is 1. The molecule has 1 N–H and O–H groups in total. The summed E-state index contributed by atoms with van der Waals surface area (Å²) < 4.78 is 0. The molecule has 2 unspecified atom stereocenters. The second-order valence-electron chi connectivity index (χ2n) is 4.73. The number of nitrogens with one attached hydrogen (secondary N) is 1. The first-order valence-corrected chi connectivity index (χ1v) is 7.26. The van der Waals surface area contributed by atoms with Gasteiger partial charge in [-0.15, -0.1) is 0 Å². The Labute approximate surface area is 111 Å². The molecule has 1 fully saturated rings. The van der Waals surface area contributed by atoms with Gasteiger partial charge >= 0.3 is 0 Å². The number of aryl methyl sites for hydroxylation is 1. The van der Waals surface area contributed by atoms with Gasteiger partial charge in [-0.3, -0.25) is 10.1 Å². The maximum atomic E-state index is 10.8. The fourth-order valence-corrected chi connectivity index (χ4v) is 3.33. The summed E-state index contributed by atoms with van der Waals surface area (Å²) in [5.41, 5.74) is 2.10. The van der Waals surface area contributed by atoms with Crippen molar-refractivity contribution in [2.45, 2.75) is 38.0 Å². The molecule has 98 valence electrons. The van der Waals surface area contributed by atoms with E-state index in [0.29, 0.717) is 11.3 Å². The number of hydrogen-bond acceptors (Lipinski definition) is 4. The molecular weight excluding hydrogens is 248 g/mol. The molecule has 1 aliphatic heterocycles. The maximum absolute atomic E-state index is 10.8. The van der Waals surface area contributed by atoms with E-state index in [0.717, 1.165) is 17.7 Å². The lowest BCUT2D eigenvalue weighted by molar-refractivity contribution is -0.384. The smallest absolute Gasteiger partial charge is 0.271 e. The first-order chi connectivity index (χ1) is 8.58. The summed E-state index contributed by atoms with van der Waals surface area (Å²) >= 11 is 1.97. The van der Waals surface area contributed by atoms with E-state index >= 15 is 0 Å². The zero-order chi connectivity index (χ0) is 13.1. The zero-order valence-electron chi connectivity index (χ0n) is 10.7.